The lowest BCUT2D eigenvalue weighted by Gasteiger charge is -2.18. The van der Waals surface area contributed by atoms with E-state index in [0.29, 0.717) is 4.47 Å². The molecule has 0 N–H and O–H groups in total. The van der Waals surface area contributed by atoms with E-state index in [1.165, 1.54) is 42.4 Å². The number of carbonyl (C=O) groups is 1. The first-order chi connectivity index (χ1) is 9.52. The fourth-order valence-electron chi connectivity index (χ4n) is 1.67. The molecule has 0 fully saturated rings. The van der Waals surface area contributed by atoms with E-state index < -0.39 is 11.7 Å². The predicted octanol–water partition coefficient (Wildman–Crippen LogP) is 3.13. The summed E-state index contributed by atoms with van der Waals surface area (Å²) in [6.07, 6.45) is 1.37. The molecule has 0 aliphatic rings. The van der Waals surface area contributed by atoms with E-state index in [1.54, 1.807) is 6.07 Å². The lowest BCUT2D eigenvalue weighted by atomic mass is 10.2. The number of hydrogen-bond acceptors (Lipinski definition) is 3. The Hall–Kier alpha value is -2.26. The summed E-state index contributed by atoms with van der Waals surface area (Å²) in [5.41, 5.74) is 0.567. The minimum atomic E-state index is -0.501. The summed E-state index contributed by atoms with van der Waals surface area (Å²) in [4.78, 5) is 17.3. The summed E-state index contributed by atoms with van der Waals surface area (Å²) in [7, 11) is 1.47. The van der Waals surface area contributed by atoms with Crippen molar-refractivity contribution in [2.45, 2.75) is 0 Å². The zero-order chi connectivity index (χ0) is 14.7. The Labute approximate surface area is 123 Å². The van der Waals surface area contributed by atoms with Gasteiger partial charge in [0, 0.05) is 23.3 Å². The fourth-order valence-corrected chi connectivity index (χ4v) is 2.02. The van der Waals surface area contributed by atoms with Gasteiger partial charge in [-0.25, -0.2) is 9.37 Å². The van der Waals surface area contributed by atoms with Crippen LogP contribution in [0.1, 0.15) is 16.1 Å². The molecule has 0 spiro atoms. The summed E-state index contributed by atoms with van der Waals surface area (Å²) in [6, 6.07) is 9.05. The lowest BCUT2D eigenvalue weighted by Crippen LogP contribution is -2.27. The van der Waals surface area contributed by atoms with Gasteiger partial charge in [0.05, 0.1) is 5.69 Å². The van der Waals surface area contributed by atoms with Crippen LogP contribution >= 0.6 is 15.9 Å². The SMILES string of the molecule is CN(C(=O)c1ccnc(C#N)c1)c1cc(Br)ccc1F. The van der Waals surface area contributed by atoms with E-state index in [-0.39, 0.29) is 16.9 Å². The standard InChI is InChI=1S/C14H9BrFN3O/c1-19(13-7-10(15)2-3-12(13)16)14(20)9-4-5-18-11(6-9)8-17/h2-7H,1H3. The summed E-state index contributed by atoms with van der Waals surface area (Å²) in [5.74, 6) is -0.917. The molecule has 0 saturated carbocycles. The molecule has 2 rings (SSSR count). The van der Waals surface area contributed by atoms with Crippen LogP contribution < -0.4 is 4.90 Å². The molecule has 1 heterocycles. The van der Waals surface area contributed by atoms with Crippen molar-refractivity contribution in [2.75, 3.05) is 11.9 Å². The first kappa shape index (κ1) is 14.2. The Bertz CT molecular complexity index is 712. The van der Waals surface area contributed by atoms with E-state index in [4.69, 9.17) is 5.26 Å². The highest BCUT2D eigenvalue weighted by Crippen LogP contribution is 2.24. The summed E-state index contributed by atoms with van der Waals surface area (Å²) < 4.78 is 14.4. The molecule has 0 aliphatic heterocycles. The third-order valence-corrected chi connectivity index (χ3v) is 3.19. The summed E-state index contributed by atoms with van der Waals surface area (Å²) in [6.45, 7) is 0. The molecular formula is C14H9BrFN3O. The molecule has 0 saturated heterocycles. The monoisotopic (exact) mass is 333 g/mol. The minimum Gasteiger partial charge on any atom is -0.309 e. The van der Waals surface area contributed by atoms with Gasteiger partial charge in [-0.1, -0.05) is 15.9 Å². The van der Waals surface area contributed by atoms with Gasteiger partial charge in [-0.15, -0.1) is 0 Å². The number of carbonyl (C=O) groups excluding carboxylic acids is 1. The molecule has 100 valence electrons. The molecule has 6 heteroatoms. The normalized spacial score (nSPS) is 9.90. The number of rotatable bonds is 2. The molecule has 0 aliphatic carbocycles. The number of anilines is 1. The van der Waals surface area contributed by atoms with Crippen LogP contribution in [-0.2, 0) is 0 Å². The van der Waals surface area contributed by atoms with Crippen molar-refractivity contribution in [3.05, 3.63) is 58.1 Å². The summed E-state index contributed by atoms with van der Waals surface area (Å²) in [5, 5.41) is 8.78. The molecule has 0 atom stereocenters. The van der Waals surface area contributed by atoms with Gasteiger partial charge in [0.25, 0.3) is 5.91 Å². The average molecular weight is 334 g/mol. The van der Waals surface area contributed by atoms with E-state index >= 15 is 0 Å². The number of aromatic nitrogens is 1. The molecule has 4 nitrogen and oxygen atoms in total. The molecule has 1 aromatic heterocycles. The smallest absolute Gasteiger partial charge is 0.258 e. The van der Waals surface area contributed by atoms with Crippen LogP contribution in [0.2, 0.25) is 0 Å². The van der Waals surface area contributed by atoms with Crippen molar-refractivity contribution in [2.24, 2.45) is 0 Å². The molecule has 1 aromatic carbocycles. The second-order valence-electron chi connectivity index (χ2n) is 4.00. The Morgan fingerprint density at radius 1 is 1.40 bits per heavy atom. The van der Waals surface area contributed by atoms with Crippen molar-refractivity contribution in [1.29, 1.82) is 5.26 Å². The fraction of sp³-hybridized carbons (Fsp3) is 0.0714. The van der Waals surface area contributed by atoms with Gasteiger partial charge in [0.15, 0.2) is 0 Å². The van der Waals surface area contributed by atoms with Gasteiger partial charge in [-0.3, -0.25) is 4.79 Å². The predicted molar refractivity (Wildman–Crippen MR) is 75.8 cm³/mol. The third-order valence-electron chi connectivity index (χ3n) is 2.70. The van der Waals surface area contributed by atoms with Crippen molar-refractivity contribution in [3.63, 3.8) is 0 Å². The first-order valence-electron chi connectivity index (χ1n) is 5.62. The molecule has 0 unspecified atom stereocenters. The van der Waals surface area contributed by atoms with Crippen molar-refractivity contribution in [1.82, 2.24) is 4.98 Å². The maximum Gasteiger partial charge on any atom is 0.258 e. The van der Waals surface area contributed by atoms with Crippen LogP contribution in [0.5, 0.6) is 0 Å². The Kier molecular flexibility index (Phi) is 4.11. The zero-order valence-corrected chi connectivity index (χ0v) is 12.1. The van der Waals surface area contributed by atoms with Crippen LogP contribution in [0.3, 0.4) is 0 Å². The average Bonchev–Trinajstić information content (AvgIpc) is 2.48. The largest absolute Gasteiger partial charge is 0.309 e. The highest BCUT2D eigenvalue weighted by atomic mass is 79.9. The van der Waals surface area contributed by atoms with Gasteiger partial charge in [-0.2, -0.15) is 5.26 Å². The second kappa shape index (κ2) is 5.80. The molecule has 2 aromatic rings. The number of halogens is 2. The number of nitrogens with zero attached hydrogens (tertiary/aromatic N) is 3. The van der Waals surface area contributed by atoms with Crippen molar-refractivity contribution in [3.8, 4) is 6.07 Å². The second-order valence-corrected chi connectivity index (χ2v) is 4.92. The molecule has 0 bridgehead atoms. The minimum absolute atomic E-state index is 0.138. The number of hydrogen-bond donors (Lipinski definition) is 0. The molecule has 20 heavy (non-hydrogen) atoms. The van der Waals surface area contributed by atoms with E-state index in [1.807, 2.05) is 6.07 Å². The Balaban J connectivity index is 2.37. The maximum atomic E-state index is 13.8. The van der Waals surface area contributed by atoms with Gasteiger partial charge >= 0.3 is 0 Å². The highest BCUT2D eigenvalue weighted by molar-refractivity contribution is 9.10. The van der Waals surface area contributed by atoms with Gasteiger partial charge in [0.1, 0.15) is 17.6 Å². The van der Waals surface area contributed by atoms with Crippen LogP contribution in [0.25, 0.3) is 0 Å². The number of nitriles is 1. The van der Waals surface area contributed by atoms with E-state index in [2.05, 4.69) is 20.9 Å². The molecule has 0 radical (unpaired) electrons. The van der Waals surface area contributed by atoms with Crippen molar-refractivity contribution < 1.29 is 9.18 Å². The quantitative estimate of drug-likeness (QED) is 0.848. The van der Waals surface area contributed by atoms with Crippen LogP contribution in [0.4, 0.5) is 10.1 Å². The van der Waals surface area contributed by atoms with Gasteiger partial charge < -0.3 is 4.90 Å². The third kappa shape index (κ3) is 2.83. The zero-order valence-electron chi connectivity index (χ0n) is 10.5. The van der Waals surface area contributed by atoms with Crippen molar-refractivity contribution >= 4 is 27.5 Å². The molecule has 1 amide bonds. The van der Waals surface area contributed by atoms with Gasteiger partial charge in [0.2, 0.25) is 0 Å². The molecular weight excluding hydrogens is 325 g/mol. The van der Waals surface area contributed by atoms with Crippen LogP contribution in [0, 0.1) is 17.1 Å². The number of benzene rings is 1. The van der Waals surface area contributed by atoms with E-state index in [0.717, 1.165) is 0 Å². The maximum absolute atomic E-state index is 13.8. The van der Waals surface area contributed by atoms with Crippen LogP contribution in [-0.4, -0.2) is 17.9 Å². The number of amides is 1. The van der Waals surface area contributed by atoms with Crippen LogP contribution in [0.15, 0.2) is 41.0 Å². The Morgan fingerprint density at radius 3 is 2.85 bits per heavy atom. The lowest BCUT2D eigenvalue weighted by molar-refractivity contribution is 0.0992. The Morgan fingerprint density at radius 2 is 2.15 bits per heavy atom. The first-order valence-corrected chi connectivity index (χ1v) is 6.41. The number of pyridine rings is 1. The summed E-state index contributed by atoms with van der Waals surface area (Å²) >= 11 is 3.24. The van der Waals surface area contributed by atoms with Gasteiger partial charge in [-0.05, 0) is 30.3 Å². The topological polar surface area (TPSA) is 57.0 Å². The highest BCUT2D eigenvalue weighted by Gasteiger charge is 2.17. The van der Waals surface area contributed by atoms with E-state index in [9.17, 15) is 9.18 Å².